The van der Waals surface area contributed by atoms with Crippen LogP contribution in [0.2, 0.25) is 0 Å². The van der Waals surface area contributed by atoms with Crippen LogP contribution in [0.5, 0.6) is 5.75 Å². The lowest BCUT2D eigenvalue weighted by Gasteiger charge is -2.08. The molecule has 2 heterocycles. The standard InChI is InChI=1S/C12H13NO2/c1-9(2)15-10-5-6-11(13-8-10)12-4-3-7-14-12/h3-9H,1-2H3. The molecule has 0 aromatic carbocycles. The molecule has 0 fully saturated rings. The SMILES string of the molecule is CC(C)Oc1ccc(-c2ccco2)nc1. The topological polar surface area (TPSA) is 35.3 Å². The summed E-state index contributed by atoms with van der Waals surface area (Å²) in [5.74, 6) is 1.55. The molecule has 0 amide bonds. The molecule has 0 saturated carbocycles. The fourth-order valence-corrected chi connectivity index (χ4v) is 1.29. The van der Waals surface area contributed by atoms with E-state index < -0.39 is 0 Å². The third-order valence-corrected chi connectivity index (χ3v) is 1.88. The second-order valence-electron chi connectivity index (χ2n) is 3.52. The molecular weight excluding hydrogens is 190 g/mol. The van der Waals surface area contributed by atoms with E-state index in [2.05, 4.69) is 4.98 Å². The van der Waals surface area contributed by atoms with E-state index in [1.54, 1.807) is 12.5 Å². The number of aromatic nitrogens is 1. The lowest BCUT2D eigenvalue weighted by Crippen LogP contribution is -2.05. The van der Waals surface area contributed by atoms with Crippen molar-refractivity contribution in [2.75, 3.05) is 0 Å². The van der Waals surface area contributed by atoms with Gasteiger partial charge in [0.2, 0.25) is 0 Å². The fraction of sp³-hybridized carbons (Fsp3) is 0.250. The Labute approximate surface area is 88.7 Å². The van der Waals surface area contributed by atoms with Crippen molar-refractivity contribution in [1.82, 2.24) is 4.98 Å². The van der Waals surface area contributed by atoms with Crippen LogP contribution in [0, 0.1) is 0 Å². The summed E-state index contributed by atoms with van der Waals surface area (Å²) in [6, 6.07) is 7.50. The molecule has 3 nitrogen and oxygen atoms in total. The average Bonchev–Trinajstić information content (AvgIpc) is 2.71. The van der Waals surface area contributed by atoms with Crippen LogP contribution < -0.4 is 4.74 Å². The zero-order valence-corrected chi connectivity index (χ0v) is 8.81. The van der Waals surface area contributed by atoms with Crippen LogP contribution in [-0.4, -0.2) is 11.1 Å². The highest BCUT2D eigenvalue weighted by Gasteiger charge is 2.03. The summed E-state index contributed by atoms with van der Waals surface area (Å²) in [6.45, 7) is 3.97. The highest BCUT2D eigenvalue weighted by Crippen LogP contribution is 2.19. The second-order valence-corrected chi connectivity index (χ2v) is 3.52. The maximum atomic E-state index is 5.49. The number of nitrogens with zero attached hydrogens (tertiary/aromatic N) is 1. The number of furan rings is 1. The van der Waals surface area contributed by atoms with Crippen molar-refractivity contribution in [2.45, 2.75) is 20.0 Å². The highest BCUT2D eigenvalue weighted by molar-refractivity contribution is 5.52. The van der Waals surface area contributed by atoms with Gasteiger partial charge < -0.3 is 9.15 Å². The first kappa shape index (κ1) is 9.77. The lowest BCUT2D eigenvalue weighted by atomic mass is 10.3. The third-order valence-electron chi connectivity index (χ3n) is 1.88. The number of pyridine rings is 1. The zero-order valence-electron chi connectivity index (χ0n) is 8.81. The smallest absolute Gasteiger partial charge is 0.152 e. The predicted octanol–water partition coefficient (Wildman–Crippen LogP) is 3.13. The van der Waals surface area contributed by atoms with Gasteiger partial charge in [0.25, 0.3) is 0 Å². The predicted molar refractivity (Wildman–Crippen MR) is 57.7 cm³/mol. The van der Waals surface area contributed by atoms with Gasteiger partial charge in [0.15, 0.2) is 5.76 Å². The molecular formula is C12H13NO2. The van der Waals surface area contributed by atoms with Gasteiger partial charge in [-0.1, -0.05) is 0 Å². The van der Waals surface area contributed by atoms with Crippen molar-refractivity contribution in [2.24, 2.45) is 0 Å². The molecule has 0 saturated heterocycles. The minimum atomic E-state index is 0.168. The molecule has 0 unspecified atom stereocenters. The van der Waals surface area contributed by atoms with Crippen LogP contribution in [0.15, 0.2) is 41.1 Å². The van der Waals surface area contributed by atoms with E-state index in [-0.39, 0.29) is 6.10 Å². The van der Waals surface area contributed by atoms with Crippen molar-refractivity contribution >= 4 is 0 Å². The summed E-state index contributed by atoms with van der Waals surface area (Å²) in [5.41, 5.74) is 0.816. The fourth-order valence-electron chi connectivity index (χ4n) is 1.29. The van der Waals surface area contributed by atoms with E-state index in [1.165, 1.54) is 0 Å². The van der Waals surface area contributed by atoms with Crippen molar-refractivity contribution < 1.29 is 9.15 Å². The maximum Gasteiger partial charge on any atom is 0.152 e. The number of hydrogen-bond acceptors (Lipinski definition) is 3. The van der Waals surface area contributed by atoms with Gasteiger partial charge in [-0.3, -0.25) is 0 Å². The van der Waals surface area contributed by atoms with Crippen LogP contribution in [0.3, 0.4) is 0 Å². The van der Waals surface area contributed by atoms with E-state index in [9.17, 15) is 0 Å². The Morgan fingerprint density at radius 1 is 1.27 bits per heavy atom. The summed E-state index contributed by atoms with van der Waals surface area (Å²) in [6.07, 6.45) is 3.51. The molecule has 78 valence electrons. The molecule has 0 aliphatic rings. The summed E-state index contributed by atoms with van der Waals surface area (Å²) < 4.78 is 10.7. The molecule has 0 bridgehead atoms. The van der Waals surface area contributed by atoms with Crippen LogP contribution in [0.4, 0.5) is 0 Å². The average molecular weight is 203 g/mol. The lowest BCUT2D eigenvalue weighted by molar-refractivity contribution is 0.241. The summed E-state index contributed by atoms with van der Waals surface area (Å²) in [4.78, 5) is 4.26. The van der Waals surface area contributed by atoms with E-state index in [0.29, 0.717) is 0 Å². The van der Waals surface area contributed by atoms with Gasteiger partial charge in [0.1, 0.15) is 11.4 Å². The molecule has 2 rings (SSSR count). The molecule has 3 heteroatoms. The van der Waals surface area contributed by atoms with Gasteiger partial charge in [0.05, 0.1) is 18.6 Å². The maximum absolute atomic E-state index is 5.49. The summed E-state index contributed by atoms with van der Waals surface area (Å²) in [5, 5.41) is 0. The summed E-state index contributed by atoms with van der Waals surface area (Å²) >= 11 is 0. The number of rotatable bonds is 3. The van der Waals surface area contributed by atoms with Crippen molar-refractivity contribution in [1.29, 1.82) is 0 Å². The number of hydrogen-bond donors (Lipinski definition) is 0. The van der Waals surface area contributed by atoms with Gasteiger partial charge in [0, 0.05) is 0 Å². The molecule has 15 heavy (non-hydrogen) atoms. The zero-order chi connectivity index (χ0) is 10.7. The van der Waals surface area contributed by atoms with Gasteiger partial charge >= 0.3 is 0 Å². The highest BCUT2D eigenvalue weighted by atomic mass is 16.5. The van der Waals surface area contributed by atoms with Gasteiger partial charge in [-0.15, -0.1) is 0 Å². The van der Waals surface area contributed by atoms with E-state index >= 15 is 0 Å². The monoisotopic (exact) mass is 203 g/mol. The minimum absolute atomic E-state index is 0.168. The van der Waals surface area contributed by atoms with E-state index in [4.69, 9.17) is 9.15 Å². The first-order chi connectivity index (χ1) is 7.25. The van der Waals surface area contributed by atoms with Gasteiger partial charge in [-0.25, -0.2) is 4.98 Å². The second kappa shape index (κ2) is 4.17. The van der Waals surface area contributed by atoms with Crippen LogP contribution >= 0.6 is 0 Å². The van der Waals surface area contributed by atoms with Crippen LogP contribution in [0.25, 0.3) is 11.5 Å². The normalized spacial score (nSPS) is 10.6. The first-order valence-electron chi connectivity index (χ1n) is 4.92. The molecule has 0 aliphatic carbocycles. The molecule has 0 atom stereocenters. The molecule has 2 aromatic rings. The Bertz CT molecular complexity index is 404. The number of ether oxygens (including phenoxy) is 1. The van der Waals surface area contributed by atoms with Crippen molar-refractivity contribution in [3.05, 3.63) is 36.7 Å². The Morgan fingerprint density at radius 2 is 2.13 bits per heavy atom. The Morgan fingerprint density at radius 3 is 2.67 bits per heavy atom. The first-order valence-corrected chi connectivity index (χ1v) is 4.92. The molecule has 0 spiro atoms. The molecule has 0 N–H and O–H groups in total. The third kappa shape index (κ3) is 2.37. The van der Waals surface area contributed by atoms with E-state index in [1.807, 2.05) is 38.1 Å². The Balaban J connectivity index is 2.17. The Kier molecular flexibility index (Phi) is 2.72. The van der Waals surface area contributed by atoms with Gasteiger partial charge in [-0.05, 0) is 38.1 Å². The largest absolute Gasteiger partial charge is 0.489 e. The van der Waals surface area contributed by atoms with Gasteiger partial charge in [-0.2, -0.15) is 0 Å². The minimum Gasteiger partial charge on any atom is -0.489 e. The van der Waals surface area contributed by atoms with Crippen LogP contribution in [0.1, 0.15) is 13.8 Å². The van der Waals surface area contributed by atoms with Crippen LogP contribution in [-0.2, 0) is 0 Å². The Hall–Kier alpha value is -1.77. The van der Waals surface area contributed by atoms with Crippen molar-refractivity contribution in [3.63, 3.8) is 0 Å². The molecule has 0 radical (unpaired) electrons. The quantitative estimate of drug-likeness (QED) is 0.768. The van der Waals surface area contributed by atoms with Crippen molar-refractivity contribution in [3.8, 4) is 17.2 Å². The van der Waals surface area contributed by atoms with E-state index in [0.717, 1.165) is 17.2 Å². The summed E-state index contributed by atoms with van der Waals surface area (Å²) in [7, 11) is 0. The molecule has 0 aliphatic heterocycles. The molecule has 2 aromatic heterocycles.